The number of halogens is 2. The van der Waals surface area contributed by atoms with Crippen molar-refractivity contribution in [1.82, 2.24) is 10.2 Å². The van der Waals surface area contributed by atoms with Crippen molar-refractivity contribution in [2.75, 3.05) is 12.3 Å². The van der Waals surface area contributed by atoms with Gasteiger partial charge in [-0.15, -0.1) is 11.8 Å². The Kier molecular flexibility index (Phi) is 10.6. The van der Waals surface area contributed by atoms with Gasteiger partial charge in [-0.3, -0.25) is 9.59 Å². The minimum absolute atomic E-state index is 0.135. The summed E-state index contributed by atoms with van der Waals surface area (Å²) in [5.74, 6) is 0.177. The Hall–Kier alpha value is -2.83. The van der Waals surface area contributed by atoms with Crippen molar-refractivity contribution in [2.24, 2.45) is 0 Å². The molecule has 35 heavy (non-hydrogen) atoms. The average molecular weight is 513 g/mol. The molecular formula is C28H30ClFN2O2S. The molecule has 0 aromatic heterocycles. The van der Waals surface area contributed by atoms with Crippen LogP contribution in [0.1, 0.15) is 30.0 Å². The Morgan fingerprint density at radius 3 is 2.37 bits per heavy atom. The normalized spacial score (nSPS) is 11.6. The number of benzene rings is 3. The highest BCUT2D eigenvalue weighted by atomic mass is 35.5. The van der Waals surface area contributed by atoms with E-state index in [4.69, 9.17) is 11.6 Å². The van der Waals surface area contributed by atoms with Crippen molar-refractivity contribution in [2.45, 2.75) is 38.1 Å². The topological polar surface area (TPSA) is 49.4 Å². The van der Waals surface area contributed by atoms with Gasteiger partial charge in [-0.05, 0) is 47.4 Å². The minimum atomic E-state index is -0.665. The number of thioether (sulfide) groups is 1. The zero-order chi connectivity index (χ0) is 25.0. The van der Waals surface area contributed by atoms with E-state index in [9.17, 15) is 14.0 Å². The lowest BCUT2D eigenvalue weighted by Crippen LogP contribution is -2.51. The van der Waals surface area contributed by atoms with Gasteiger partial charge in [0.05, 0.1) is 5.75 Å². The van der Waals surface area contributed by atoms with Crippen LogP contribution in [-0.4, -0.2) is 35.1 Å². The summed E-state index contributed by atoms with van der Waals surface area (Å²) in [5, 5.41) is 3.55. The maximum absolute atomic E-state index is 13.5. The maximum atomic E-state index is 13.5. The van der Waals surface area contributed by atoms with E-state index in [1.54, 1.807) is 23.1 Å². The Morgan fingerprint density at radius 2 is 1.69 bits per heavy atom. The second kappa shape index (κ2) is 13.9. The largest absolute Gasteiger partial charge is 0.354 e. The molecule has 0 fully saturated rings. The van der Waals surface area contributed by atoms with Crippen LogP contribution in [0.5, 0.6) is 0 Å². The van der Waals surface area contributed by atoms with Crippen LogP contribution in [0.25, 0.3) is 0 Å². The molecule has 0 aliphatic heterocycles. The van der Waals surface area contributed by atoms with Gasteiger partial charge in [-0.2, -0.15) is 0 Å². The fourth-order valence-electron chi connectivity index (χ4n) is 3.67. The molecule has 3 aromatic carbocycles. The molecule has 0 radical (unpaired) electrons. The molecule has 3 aromatic rings. The van der Waals surface area contributed by atoms with Gasteiger partial charge in [0.2, 0.25) is 11.8 Å². The third kappa shape index (κ3) is 8.71. The van der Waals surface area contributed by atoms with E-state index in [0.29, 0.717) is 23.7 Å². The van der Waals surface area contributed by atoms with Crippen molar-refractivity contribution < 1.29 is 14.0 Å². The molecule has 1 N–H and O–H groups in total. The van der Waals surface area contributed by atoms with E-state index in [1.165, 1.54) is 23.9 Å². The summed E-state index contributed by atoms with van der Waals surface area (Å²) in [5.41, 5.74) is 2.77. The summed E-state index contributed by atoms with van der Waals surface area (Å²) in [6.45, 7) is 2.81. The molecule has 0 saturated carbocycles. The number of rotatable bonds is 12. The lowest BCUT2D eigenvalue weighted by atomic mass is 10.0. The molecular weight excluding hydrogens is 483 g/mol. The molecule has 0 saturated heterocycles. The second-order valence-electron chi connectivity index (χ2n) is 8.27. The van der Waals surface area contributed by atoms with E-state index in [0.717, 1.165) is 23.1 Å². The van der Waals surface area contributed by atoms with E-state index >= 15 is 0 Å². The number of carbonyl (C=O) groups is 2. The third-order valence-corrected chi connectivity index (χ3v) is 6.69. The van der Waals surface area contributed by atoms with Crippen molar-refractivity contribution in [1.29, 1.82) is 0 Å². The molecule has 184 valence electrons. The van der Waals surface area contributed by atoms with E-state index < -0.39 is 6.04 Å². The van der Waals surface area contributed by atoms with Crippen LogP contribution in [0.2, 0.25) is 5.02 Å². The van der Waals surface area contributed by atoms with E-state index in [-0.39, 0.29) is 29.9 Å². The maximum Gasteiger partial charge on any atom is 0.243 e. The van der Waals surface area contributed by atoms with Crippen LogP contribution in [0.15, 0.2) is 78.9 Å². The lowest BCUT2D eigenvalue weighted by Gasteiger charge is -2.31. The number of hydrogen-bond donors (Lipinski definition) is 1. The monoisotopic (exact) mass is 512 g/mol. The summed E-state index contributed by atoms with van der Waals surface area (Å²) in [6.07, 6.45) is 1.21. The molecule has 7 heteroatoms. The molecule has 0 bridgehead atoms. The summed E-state index contributed by atoms with van der Waals surface area (Å²) in [6, 6.07) is 22.6. The molecule has 0 heterocycles. The highest BCUT2D eigenvalue weighted by molar-refractivity contribution is 7.99. The highest BCUT2D eigenvalue weighted by Crippen LogP contribution is 2.20. The van der Waals surface area contributed by atoms with Crippen molar-refractivity contribution in [3.05, 3.63) is 106 Å². The van der Waals surface area contributed by atoms with Gasteiger partial charge in [0, 0.05) is 30.3 Å². The minimum Gasteiger partial charge on any atom is -0.354 e. The molecule has 3 rings (SSSR count). The fraction of sp³-hybridized carbons (Fsp3) is 0.286. The molecule has 2 amide bonds. The number of carbonyl (C=O) groups excluding carboxylic acids is 2. The number of nitrogens with zero attached hydrogens (tertiary/aromatic N) is 1. The fourth-order valence-corrected chi connectivity index (χ4v) is 4.76. The molecule has 1 atom stereocenters. The first-order valence-corrected chi connectivity index (χ1v) is 13.2. The van der Waals surface area contributed by atoms with Crippen LogP contribution in [0.4, 0.5) is 4.39 Å². The van der Waals surface area contributed by atoms with Gasteiger partial charge in [0.15, 0.2) is 0 Å². The Bertz CT molecular complexity index is 1100. The summed E-state index contributed by atoms with van der Waals surface area (Å²) < 4.78 is 13.2. The van der Waals surface area contributed by atoms with Gasteiger partial charge in [-0.25, -0.2) is 4.39 Å². The smallest absolute Gasteiger partial charge is 0.243 e. The molecule has 0 unspecified atom stereocenters. The van der Waals surface area contributed by atoms with Crippen molar-refractivity contribution >= 4 is 35.2 Å². The van der Waals surface area contributed by atoms with Crippen molar-refractivity contribution in [3.8, 4) is 0 Å². The highest BCUT2D eigenvalue weighted by Gasteiger charge is 2.30. The molecule has 4 nitrogen and oxygen atoms in total. The van der Waals surface area contributed by atoms with Crippen LogP contribution < -0.4 is 5.32 Å². The summed E-state index contributed by atoms with van der Waals surface area (Å²) >= 11 is 7.64. The Balaban J connectivity index is 1.82. The van der Waals surface area contributed by atoms with E-state index in [1.807, 2.05) is 55.5 Å². The van der Waals surface area contributed by atoms with Gasteiger partial charge in [-0.1, -0.05) is 73.1 Å². The van der Waals surface area contributed by atoms with Gasteiger partial charge >= 0.3 is 0 Å². The van der Waals surface area contributed by atoms with Crippen LogP contribution in [-0.2, 0) is 28.3 Å². The van der Waals surface area contributed by atoms with Gasteiger partial charge in [0.25, 0.3) is 0 Å². The first-order valence-electron chi connectivity index (χ1n) is 11.6. The van der Waals surface area contributed by atoms with Gasteiger partial charge < -0.3 is 10.2 Å². The van der Waals surface area contributed by atoms with Crippen LogP contribution >= 0.6 is 23.4 Å². The zero-order valence-electron chi connectivity index (χ0n) is 19.8. The number of nitrogens with one attached hydrogen (secondary N) is 1. The van der Waals surface area contributed by atoms with Crippen LogP contribution in [0.3, 0.4) is 0 Å². The van der Waals surface area contributed by atoms with Gasteiger partial charge in [0.1, 0.15) is 11.9 Å². The molecule has 0 aliphatic rings. The van der Waals surface area contributed by atoms with Crippen LogP contribution in [0, 0.1) is 5.82 Å². The predicted molar refractivity (Wildman–Crippen MR) is 142 cm³/mol. The Labute approximate surface area is 215 Å². The number of amides is 2. The third-order valence-electron chi connectivity index (χ3n) is 5.47. The number of hydrogen-bond acceptors (Lipinski definition) is 3. The average Bonchev–Trinajstić information content (AvgIpc) is 2.86. The predicted octanol–water partition coefficient (Wildman–Crippen LogP) is 5.88. The molecule has 0 aliphatic carbocycles. The SMILES string of the molecule is CCCNC(=O)[C@@H](Cc1ccccc1)N(Cc1cccc(Cl)c1)C(=O)CSCc1ccc(F)cc1. The first-order chi connectivity index (χ1) is 17.0. The van der Waals surface area contributed by atoms with E-state index in [2.05, 4.69) is 5.32 Å². The molecule has 0 spiro atoms. The van der Waals surface area contributed by atoms with Crippen molar-refractivity contribution in [3.63, 3.8) is 0 Å². The summed E-state index contributed by atoms with van der Waals surface area (Å²) in [4.78, 5) is 28.4. The first kappa shape index (κ1) is 26.8. The Morgan fingerprint density at radius 1 is 0.971 bits per heavy atom. The zero-order valence-corrected chi connectivity index (χ0v) is 21.3. The second-order valence-corrected chi connectivity index (χ2v) is 9.69. The lowest BCUT2D eigenvalue weighted by molar-refractivity contribution is -0.139. The quantitative estimate of drug-likeness (QED) is 0.330. The standard InChI is InChI=1S/C28H30ClFN2O2S/c1-2-15-31-28(34)26(17-21-7-4-3-5-8-21)32(18-23-9-6-10-24(29)16-23)27(33)20-35-19-22-11-13-25(30)14-12-22/h3-14,16,26H,2,15,17-20H2,1H3,(H,31,34)/t26-/m1/s1. The summed E-state index contributed by atoms with van der Waals surface area (Å²) in [7, 11) is 0.